The molecule has 36 heteroatoms. The van der Waals surface area contributed by atoms with Crippen molar-refractivity contribution in [1.29, 1.82) is 0 Å². The molecule has 4 aliphatic rings. The summed E-state index contributed by atoms with van der Waals surface area (Å²) in [6, 6.07) is 11.3. The molecule has 0 spiro atoms. The first-order valence-corrected chi connectivity index (χ1v) is 49.5. The minimum Gasteiger partial charge on any atom is -0.461 e. The zero-order chi connectivity index (χ0) is 104. The van der Waals surface area contributed by atoms with Gasteiger partial charge in [-0.3, -0.25) is 62.4 Å². The number of carbonyl (C=O) groups is 14. The van der Waals surface area contributed by atoms with Crippen LogP contribution in [-0.4, -0.2) is 257 Å². The lowest BCUT2D eigenvalue weighted by Gasteiger charge is -2.31. The van der Waals surface area contributed by atoms with E-state index in [2.05, 4.69) is 30.6 Å². The SMILES string of the molecule is CC[C@H](CC(=O)[C@H](C)CC)C(=O)N1C[C@@H](OC(C)=O)C[C@H]1Cc1c(-c2[nH]c3cc(F)ccc3c2C[C@@H]2C[C@H](OC(C)=O)CN2C(=O)[C@H](CC)NC(=O)[C@H](C)CC)[nH]c2cc(F)ccc12.CC[C@H](CC(=O)[C@H](C)N(C)C(=O)OC(C)(C)C)C(=O)N1C[C@@H](OC(C)=O)C[C@H]1Cc1c(-c2[nH]c3cc(F)ccc3c2C[C@@H]2C[C@H](OC(C)=O)CN2C(=O)[C@H](CC)NC(=O)[C@H](C)N(C)C(=O)OC(C)(C)C)[nH]c2cc(F)ccc12. The molecule has 16 atom stereocenters. The second-order valence-electron chi connectivity index (χ2n) is 40.6. The van der Waals surface area contributed by atoms with Gasteiger partial charge in [0.25, 0.3) is 0 Å². The van der Waals surface area contributed by atoms with Gasteiger partial charge in [-0.2, -0.15) is 0 Å². The lowest BCUT2D eigenvalue weighted by molar-refractivity contribution is -0.147. The predicted molar refractivity (Wildman–Crippen MR) is 526 cm³/mol. The first kappa shape index (κ1) is 110. The fourth-order valence-electron chi connectivity index (χ4n) is 19.8. The summed E-state index contributed by atoms with van der Waals surface area (Å²) in [7, 11) is 2.89. The fourth-order valence-corrected chi connectivity index (χ4v) is 19.8. The van der Waals surface area contributed by atoms with E-state index in [4.69, 9.17) is 28.4 Å². The van der Waals surface area contributed by atoms with Crippen molar-refractivity contribution in [3.8, 4) is 22.8 Å². The van der Waals surface area contributed by atoms with Gasteiger partial charge in [-0.25, -0.2) is 27.2 Å². The van der Waals surface area contributed by atoms with Gasteiger partial charge in [-0.1, -0.05) is 55.4 Å². The molecule has 772 valence electrons. The lowest BCUT2D eigenvalue weighted by Crippen LogP contribution is -2.55. The molecule has 4 aromatic carbocycles. The average Bonchev–Trinajstić information content (AvgIpc) is 1.59. The van der Waals surface area contributed by atoms with E-state index in [1.807, 2.05) is 34.6 Å². The molecule has 32 nitrogen and oxygen atoms in total. The monoisotopic (exact) mass is 1980 g/mol. The number of ether oxygens (including phenoxy) is 6. The van der Waals surface area contributed by atoms with Crippen LogP contribution in [-0.2, 0) is 112 Å². The number of benzene rings is 4. The molecule has 142 heavy (non-hydrogen) atoms. The standard InChI is InChI=1S/C57H77F2N7O12.C49H63F2N5O8/c1-15-34(21-48(69)30(3)63(13)54(73)77-56(7,8)9)52(71)65-28-39(75-32(5)67)24-37(65)26-43-41-19-17-35(58)22-46(41)60-49(43)50-44(42-20-18-36(59)23-47(42)61-50)27-38-25-40(76-33(6)68)29-66(38)53(72)45(16-2)62-51(70)31(4)64(14)55(74)78-57(10,11)12;1-9-26(5)44(59)17-30(11-3)48(61)55-24-35(63-28(7)57)20-33(55)22-39-37-15-13-31(50)18-42(37)52-45(39)46-40(38-16-14-32(51)19-43(38)53-46)23-34-21-36(64-29(8)58)25-56(34)49(62)41(12-4)54-47(60)27(6)10-2/h17-20,22-23,30-31,34,37-40,45,60-61H,15-16,21,24-29H2,1-14H3,(H,62,70);13-16,18-19,26-27,30,33-36,41,52-53H,9-12,17,20-25H2,1-8H3,(H,54,60)/t30-,31-,34+,37-,38-,39-,40-,45-;26-,27-,30-,33+,34+,35+,36+,41+/m01/s1. The smallest absolute Gasteiger partial charge is 0.410 e. The Labute approximate surface area is 825 Å². The largest absolute Gasteiger partial charge is 0.461 e. The molecule has 0 saturated carbocycles. The molecule has 0 aliphatic carbocycles. The number of aromatic nitrogens is 4. The summed E-state index contributed by atoms with van der Waals surface area (Å²) < 4.78 is 94.1. The summed E-state index contributed by atoms with van der Waals surface area (Å²) in [4.78, 5) is 210. The van der Waals surface area contributed by atoms with Crippen LogP contribution in [0.25, 0.3) is 66.4 Å². The quantitative estimate of drug-likeness (QED) is 0.0121. The van der Waals surface area contributed by atoms with Crippen molar-refractivity contribution in [1.82, 2.24) is 60.0 Å². The van der Waals surface area contributed by atoms with Crippen molar-refractivity contribution < 1.29 is 113 Å². The molecule has 0 bridgehead atoms. The molecule has 0 unspecified atom stereocenters. The van der Waals surface area contributed by atoms with Crippen molar-refractivity contribution in [3.63, 3.8) is 0 Å². The Hall–Kier alpha value is -12.7. The van der Waals surface area contributed by atoms with Crippen molar-refractivity contribution in [3.05, 3.63) is 118 Å². The summed E-state index contributed by atoms with van der Waals surface area (Å²) in [5.41, 5.74) is 4.93. The van der Waals surface area contributed by atoms with Crippen molar-refractivity contribution in [2.75, 3.05) is 40.3 Å². The van der Waals surface area contributed by atoms with E-state index in [-0.39, 0.29) is 137 Å². The number of nitrogens with zero attached hydrogens (tertiary/aromatic N) is 6. The van der Waals surface area contributed by atoms with Gasteiger partial charge in [-0.05, 0) is 215 Å². The van der Waals surface area contributed by atoms with Gasteiger partial charge in [-0.15, -0.1) is 0 Å². The van der Waals surface area contributed by atoms with Crippen LogP contribution in [0.2, 0.25) is 0 Å². The maximum atomic E-state index is 15.2. The number of hydrogen-bond donors (Lipinski definition) is 6. The van der Waals surface area contributed by atoms with Crippen LogP contribution in [0.4, 0.5) is 27.2 Å². The van der Waals surface area contributed by atoms with Crippen LogP contribution in [0.5, 0.6) is 0 Å². The third-order valence-electron chi connectivity index (χ3n) is 27.9. The van der Waals surface area contributed by atoms with Crippen molar-refractivity contribution in [2.24, 2.45) is 23.7 Å². The van der Waals surface area contributed by atoms with Gasteiger partial charge < -0.3 is 83.5 Å². The molecule has 8 heterocycles. The Morgan fingerprint density at radius 1 is 0.373 bits per heavy atom. The number of carbonyl (C=O) groups excluding carboxylic acids is 14. The summed E-state index contributed by atoms with van der Waals surface area (Å²) in [5, 5.41) is 8.30. The van der Waals surface area contributed by atoms with Crippen LogP contribution in [0.3, 0.4) is 0 Å². The highest BCUT2D eigenvalue weighted by Gasteiger charge is 2.48. The molecule has 0 radical (unpaired) electrons. The maximum Gasteiger partial charge on any atom is 0.410 e. The Bertz CT molecular complexity index is 5670. The molecular formula is C106H140F4N12O20. The highest BCUT2D eigenvalue weighted by Crippen LogP contribution is 2.45. The number of nitrogens with one attached hydrogen (secondary N) is 6. The Morgan fingerprint density at radius 3 is 0.901 bits per heavy atom. The summed E-state index contributed by atoms with van der Waals surface area (Å²) in [5.74, 6) is -8.46. The van der Waals surface area contributed by atoms with E-state index in [0.717, 1.165) is 16.0 Å². The summed E-state index contributed by atoms with van der Waals surface area (Å²) in [6.45, 7) is 33.5. The van der Waals surface area contributed by atoms with Gasteiger partial charge in [0.15, 0.2) is 5.78 Å². The van der Waals surface area contributed by atoms with Gasteiger partial charge >= 0.3 is 36.1 Å². The first-order chi connectivity index (χ1) is 66.8. The zero-order valence-electron chi connectivity index (χ0n) is 85.7. The molecule has 8 aromatic rings. The van der Waals surface area contributed by atoms with Crippen LogP contribution >= 0.6 is 0 Å². The van der Waals surface area contributed by atoms with Gasteiger partial charge in [0.1, 0.15) is 82.8 Å². The second-order valence-corrected chi connectivity index (χ2v) is 40.6. The Morgan fingerprint density at radius 2 is 0.641 bits per heavy atom. The molecule has 6 N–H and O–H groups in total. The molecule has 4 aliphatic heterocycles. The number of ketones is 2. The minimum absolute atomic E-state index is 0.00913. The molecular weight excluding hydrogens is 1840 g/mol. The van der Waals surface area contributed by atoms with Crippen LogP contribution < -0.4 is 10.6 Å². The number of halogens is 4. The van der Waals surface area contributed by atoms with E-state index in [0.29, 0.717) is 116 Å². The third-order valence-corrected chi connectivity index (χ3v) is 27.9. The van der Waals surface area contributed by atoms with Crippen LogP contribution in [0.15, 0.2) is 72.8 Å². The first-order valence-electron chi connectivity index (χ1n) is 49.5. The van der Waals surface area contributed by atoms with Crippen molar-refractivity contribution >= 4 is 127 Å². The number of amides is 8. The van der Waals surface area contributed by atoms with Crippen molar-refractivity contribution in [2.45, 2.75) is 325 Å². The number of hydrogen-bond acceptors (Lipinski definition) is 20. The van der Waals surface area contributed by atoms with E-state index >= 15 is 8.78 Å². The van der Waals surface area contributed by atoms with E-state index in [1.54, 1.807) is 113 Å². The maximum absolute atomic E-state index is 15.2. The number of esters is 4. The average molecular weight is 1980 g/mol. The predicted octanol–water partition coefficient (Wildman–Crippen LogP) is 15.9. The fraction of sp³-hybridized carbons (Fsp3) is 0.566. The Kier molecular flexibility index (Phi) is 36.0. The number of Topliss-reactive ketones (excluding diaryl/α,β-unsaturated/α-hetero) is 2. The highest BCUT2D eigenvalue weighted by atomic mass is 19.1. The molecule has 4 saturated heterocycles. The van der Waals surface area contributed by atoms with E-state index in [9.17, 15) is 75.9 Å². The highest BCUT2D eigenvalue weighted by molar-refractivity contribution is 6.00. The normalized spacial score (nSPS) is 19.8. The van der Waals surface area contributed by atoms with E-state index < -0.39 is 167 Å². The summed E-state index contributed by atoms with van der Waals surface area (Å²) >= 11 is 0. The molecule has 4 fully saturated rings. The number of likely N-dealkylation sites (N-methyl/N-ethyl adjacent to an activating group) is 2. The topological polar surface area (TPSA) is 401 Å². The zero-order valence-corrected chi connectivity index (χ0v) is 85.7. The third kappa shape index (κ3) is 26.4. The number of H-pyrrole nitrogens is 4. The van der Waals surface area contributed by atoms with Crippen LogP contribution in [0, 0.1) is 46.9 Å². The molecule has 12 rings (SSSR count). The van der Waals surface area contributed by atoms with Gasteiger partial charge in [0, 0.05) is 172 Å². The molecule has 8 amide bonds. The lowest BCUT2D eigenvalue weighted by atomic mass is 9.90. The van der Waals surface area contributed by atoms with Gasteiger partial charge in [0.05, 0.1) is 55.0 Å². The Balaban J connectivity index is 0.000000276. The molecule has 4 aromatic heterocycles. The number of rotatable bonds is 36. The number of aromatic amines is 4. The number of fused-ring (bicyclic) bond motifs is 4. The van der Waals surface area contributed by atoms with E-state index in [1.165, 1.54) is 102 Å². The van der Waals surface area contributed by atoms with Crippen LogP contribution in [0.1, 0.15) is 238 Å². The van der Waals surface area contributed by atoms with Gasteiger partial charge in [0.2, 0.25) is 35.4 Å². The minimum atomic E-state index is -1.06. The number of likely N-dealkylation sites (tertiary alicyclic amines) is 4. The summed E-state index contributed by atoms with van der Waals surface area (Å²) in [6.07, 6.45) is 0.0985. The second kappa shape index (κ2) is 46.6.